The lowest BCUT2D eigenvalue weighted by Crippen LogP contribution is -2.59. The second-order valence-corrected chi connectivity index (χ2v) is 11.6. The van der Waals surface area contributed by atoms with Crippen LogP contribution in [0, 0.1) is 0 Å². The number of nitrogens with one attached hydrogen (secondary N) is 2. The van der Waals surface area contributed by atoms with Gasteiger partial charge in [-0.1, -0.05) is 18.2 Å². The maximum Gasteiger partial charge on any atom is 0.317 e. The number of nitrogens with zero attached hydrogens (tertiary/aromatic N) is 3. The molecule has 3 heterocycles. The van der Waals surface area contributed by atoms with Crippen LogP contribution in [0.5, 0.6) is 17.2 Å². The second-order valence-electron chi connectivity index (χ2n) is 11.6. The summed E-state index contributed by atoms with van der Waals surface area (Å²) in [7, 11) is 6.36. The van der Waals surface area contributed by atoms with Gasteiger partial charge in [0.15, 0.2) is 11.5 Å². The number of rotatable bonds is 7. The molecular weight excluding hydrogens is 594 g/mol. The quantitative estimate of drug-likeness (QED) is 0.440. The van der Waals surface area contributed by atoms with Gasteiger partial charge in [-0.3, -0.25) is 14.4 Å². The molecule has 2 atom stereocenters. The fourth-order valence-corrected chi connectivity index (χ4v) is 5.42. The Morgan fingerprint density at radius 2 is 1.91 bits per heavy atom. The summed E-state index contributed by atoms with van der Waals surface area (Å²) in [4.78, 5) is 56.3. The zero-order valence-electron chi connectivity index (χ0n) is 27.1. The number of aryl methyl sites for hydroxylation is 1. The lowest BCUT2D eigenvalue weighted by molar-refractivity contribution is -0.139. The van der Waals surface area contributed by atoms with Crippen molar-refractivity contribution in [1.82, 2.24) is 25.3 Å². The number of likely N-dealkylation sites (tertiary alicyclic amines) is 1. The summed E-state index contributed by atoms with van der Waals surface area (Å²) in [5, 5.41) is 5.64. The predicted molar refractivity (Wildman–Crippen MR) is 170 cm³/mol. The third-order valence-electron chi connectivity index (χ3n) is 7.96. The molecule has 2 N–H and O–H groups in total. The third kappa shape index (κ3) is 9.82. The first-order valence-electron chi connectivity index (χ1n) is 15.5. The summed E-state index contributed by atoms with van der Waals surface area (Å²) < 4.78 is 23.3. The molecule has 5 rings (SSSR count). The van der Waals surface area contributed by atoms with E-state index in [0.29, 0.717) is 56.2 Å². The summed E-state index contributed by atoms with van der Waals surface area (Å²) in [6, 6.07) is 12.2. The molecule has 1 fully saturated rings. The SMILES string of the molecule is COCCCN1CC(=O)N[C@H]2CN(C(=O)CNC(=O)N(C)C)CC[C@H]2OCc2cccc(c2)Oc2ccc(cc2OC)CCC1=O. The van der Waals surface area contributed by atoms with Crippen molar-refractivity contribution in [3.8, 4) is 17.2 Å². The normalized spacial score (nSPS) is 19.1. The molecule has 0 unspecified atom stereocenters. The number of ether oxygens (including phenoxy) is 4. The van der Waals surface area contributed by atoms with Crippen LogP contribution in [0.2, 0.25) is 0 Å². The number of methoxy groups -OCH3 is 2. The van der Waals surface area contributed by atoms with Gasteiger partial charge in [-0.05, 0) is 54.7 Å². The fourth-order valence-electron chi connectivity index (χ4n) is 5.42. The highest BCUT2D eigenvalue weighted by Gasteiger charge is 2.34. The fraction of sp³-hybridized carbons (Fsp3) is 0.515. The van der Waals surface area contributed by atoms with Crippen LogP contribution in [0.4, 0.5) is 4.79 Å². The van der Waals surface area contributed by atoms with E-state index in [0.717, 1.165) is 11.1 Å². The minimum atomic E-state index is -0.535. The Morgan fingerprint density at radius 3 is 2.67 bits per heavy atom. The van der Waals surface area contributed by atoms with Crippen LogP contribution in [-0.2, 0) is 36.9 Å². The highest BCUT2D eigenvalue weighted by molar-refractivity contribution is 5.86. The van der Waals surface area contributed by atoms with Gasteiger partial charge in [0.25, 0.3) is 0 Å². The summed E-state index contributed by atoms with van der Waals surface area (Å²) >= 11 is 0. The molecule has 0 aliphatic carbocycles. The van der Waals surface area contributed by atoms with Crippen LogP contribution in [0.1, 0.15) is 30.4 Å². The minimum Gasteiger partial charge on any atom is -0.493 e. The van der Waals surface area contributed by atoms with E-state index in [4.69, 9.17) is 18.9 Å². The number of benzene rings is 2. The maximum absolute atomic E-state index is 13.5. The first-order chi connectivity index (χ1) is 22.2. The number of hydrogen-bond acceptors (Lipinski definition) is 8. The van der Waals surface area contributed by atoms with Gasteiger partial charge in [-0.2, -0.15) is 0 Å². The number of hydrogen-bond donors (Lipinski definition) is 2. The lowest BCUT2D eigenvalue weighted by atomic mass is 10.0. The van der Waals surface area contributed by atoms with E-state index in [-0.39, 0.29) is 56.4 Å². The number of carbonyl (C=O) groups is 4. The number of fused-ring (bicyclic) bond motifs is 9. The van der Waals surface area contributed by atoms with Gasteiger partial charge in [0.2, 0.25) is 17.7 Å². The standard InChI is InChI=1S/C33H45N5O8/c1-36(2)33(42)34-19-32(41)38-15-13-27-26(20-38)35-30(39)21-37(14-6-16-43-3)31(40)12-10-23-9-11-28(29(18-23)44-4)46-25-8-5-7-24(17-25)22-45-27/h5,7-9,11,17-18,26-27H,6,10,12-16,19-22H2,1-4H3,(H,34,42)(H,35,39)/t26-,27+/m0/s1. The highest BCUT2D eigenvalue weighted by atomic mass is 16.5. The lowest BCUT2D eigenvalue weighted by Gasteiger charge is -2.39. The van der Waals surface area contributed by atoms with E-state index in [9.17, 15) is 19.2 Å². The Labute approximate surface area is 270 Å². The van der Waals surface area contributed by atoms with Gasteiger partial charge in [0.1, 0.15) is 5.75 Å². The monoisotopic (exact) mass is 639 g/mol. The largest absolute Gasteiger partial charge is 0.493 e. The molecule has 0 spiro atoms. The number of carbonyl (C=O) groups excluding carboxylic acids is 4. The topological polar surface area (TPSA) is 139 Å². The Kier molecular flexibility index (Phi) is 12.6. The van der Waals surface area contributed by atoms with Gasteiger partial charge >= 0.3 is 6.03 Å². The Morgan fingerprint density at radius 1 is 1.09 bits per heavy atom. The minimum absolute atomic E-state index is 0.142. The third-order valence-corrected chi connectivity index (χ3v) is 7.96. The summed E-state index contributed by atoms with van der Waals surface area (Å²) in [5.41, 5.74) is 1.77. The Balaban J connectivity index is 1.57. The average molecular weight is 640 g/mol. The Bertz CT molecular complexity index is 1370. The smallest absolute Gasteiger partial charge is 0.317 e. The molecule has 46 heavy (non-hydrogen) atoms. The van der Waals surface area contributed by atoms with E-state index in [1.165, 1.54) is 4.90 Å². The van der Waals surface area contributed by atoms with Crippen LogP contribution in [0.3, 0.4) is 0 Å². The molecular formula is C33H45N5O8. The average Bonchev–Trinajstić information content (AvgIpc) is 3.05. The second kappa shape index (κ2) is 16.8. The molecule has 5 amide bonds. The van der Waals surface area contributed by atoms with Crippen molar-refractivity contribution < 1.29 is 38.1 Å². The predicted octanol–water partition coefficient (Wildman–Crippen LogP) is 2.17. The van der Waals surface area contributed by atoms with Gasteiger partial charge in [-0.25, -0.2) is 4.79 Å². The number of piperidine rings is 1. The van der Waals surface area contributed by atoms with E-state index >= 15 is 0 Å². The van der Waals surface area contributed by atoms with Crippen molar-refractivity contribution in [3.05, 3.63) is 53.6 Å². The van der Waals surface area contributed by atoms with E-state index in [1.54, 1.807) is 38.1 Å². The molecule has 3 aliphatic heterocycles. The molecule has 0 aromatic heterocycles. The van der Waals surface area contributed by atoms with Crippen LogP contribution in [-0.4, -0.2) is 118 Å². The van der Waals surface area contributed by atoms with Gasteiger partial charge in [0.05, 0.1) is 39.0 Å². The molecule has 3 aliphatic rings. The van der Waals surface area contributed by atoms with Crippen LogP contribution in [0.25, 0.3) is 0 Å². The van der Waals surface area contributed by atoms with Crippen LogP contribution >= 0.6 is 0 Å². The summed E-state index contributed by atoms with van der Waals surface area (Å²) in [6.45, 7) is 1.34. The zero-order chi connectivity index (χ0) is 33.1. The van der Waals surface area contributed by atoms with Gasteiger partial charge in [-0.15, -0.1) is 0 Å². The van der Waals surface area contributed by atoms with Gasteiger partial charge in [0, 0.05) is 53.9 Å². The van der Waals surface area contributed by atoms with Crippen molar-refractivity contribution in [2.75, 3.05) is 67.6 Å². The molecule has 2 aromatic carbocycles. The molecule has 13 heteroatoms. The highest BCUT2D eigenvalue weighted by Crippen LogP contribution is 2.33. The molecule has 250 valence electrons. The number of amides is 5. The molecule has 0 radical (unpaired) electrons. The van der Waals surface area contributed by atoms with Crippen LogP contribution < -0.4 is 20.1 Å². The van der Waals surface area contributed by atoms with Crippen LogP contribution in [0.15, 0.2) is 42.5 Å². The number of urea groups is 1. The van der Waals surface area contributed by atoms with Crippen molar-refractivity contribution in [2.24, 2.45) is 0 Å². The van der Waals surface area contributed by atoms with E-state index in [1.807, 2.05) is 42.5 Å². The van der Waals surface area contributed by atoms with Crippen molar-refractivity contribution in [1.29, 1.82) is 0 Å². The molecule has 13 nitrogen and oxygen atoms in total. The zero-order valence-corrected chi connectivity index (χ0v) is 27.1. The van der Waals surface area contributed by atoms with Crippen molar-refractivity contribution in [2.45, 2.75) is 44.4 Å². The van der Waals surface area contributed by atoms with Crippen molar-refractivity contribution >= 4 is 23.8 Å². The maximum atomic E-state index is 13.5. The summed E-state index contributed by atoms with van der Waals surface area (Å²) in [6.07, 6.45) is 1.29. The molecule has 4 bridgehead atoms. The molecule has 1 saturated heterocycles. The molecule has 0 saturated carbocycles. The first-order valence-corrected chi connectivity index (χ1v) is 15.5. The van der Waals surface area contributed by atoms with Gasteiger partial charge < -0.3 is 44.3 Å². The summed E-state index contributed by atoms with van der Waals surface area (Å²) in [5.74, 6) is 0.928. The molecule has 2 aromatic rings. The van der Waals surface area contributed by atoms with E-state index < -0.39 is 12.1 Å². The Hall–Kier alpha value is -4.36. The first kappa shape index (κ1) is 34.5. The van der Waals surface area contributed by atoms with E-state index in [2.05, 4.69) is 10.6 Å². The van der Waals surface area contributed by atoms with Crippen molar-refractivity contribution in [3.63, 3.8) is 0 Å².